The molecule has 3 fully saturated rings. The van der Waals surface area contributed by atoms with E-state index < -0.39 is 0 Å². The lowest BCUT2D eigenvalue weighted by molar-refractivity contribution is -0.148. The average molecular weight is 223 g/mol. The Kier molecular flexibility index (Phi) is 2.97. The maximum absolute atomic E-state index is 6.02. The van der Waals surface area contributed by atoms with Crippen molar-refractivity contribution in [2.24, 2.45) is 11.8 Å². The predicted molar refractivity (Wildman–Crippen MR) is 65.4 cm³/mol. The summed E-state index contributed by atoms with van der Waals surface area (Å²) in [6, 6.07) is 0.789. The van der Waals surface area contributed by atoms with Gasteiger partial charge in [-0.15, -0.1) is 0 Å². The van der Waals surface area contributed by atoms with Gasteiger partial charge in [0.2, 0.25) is 0 Å². The second-order valence-electron chi connectivity index (χ2n) is 6.34. The molecule has 2 saturated heterocycles. The fourth-order valence-electron chi connectivity index (χ4n) is 3.75. The molecule has 2 aliphatic heterocycles. The van der Waals surface area contributed by atoms with Crippen molar-refractivity contribution in [3.63, 3.8) is 0 Å². The molecular formula is C14H25NO. The van der Waals surface area contributed by atoms with Crippen molar-refractivity contribution in [3.05, 3.63) is 0 Å². The zero-order valence-electron chi connectivity index (χ0n) is 10.5. The molecule has 1 N–H and O–H groups in total. The van der Waals surface area contributed by atoms with Crippen molar-refractivity contribution in [2.75, 3.05) is 13.2 Å². The van der Waals surface area contributed by atoms with Gasteiger partial charge in [-0.2, -0.15) is 0 Å². The molecule has 0 aromatic rings. The van der Waals surface area contributed by atoms with E-state index in [2.05, 4.69) is 12.2 Å². The second kappa shape index (κ2) is 4.30. The lowest BCUT2D eigenvalue weighted by atomic mass is 9.69. The van der Waals surface area contributed by atoms with Crippen LogP contribution in [0.5, 0.6) is 0 Å². The minimum atomic E-state index is 0.327. The van der Waals surface area contributed by atoms with Crippen LogP contribution in [0, 0.1) is 11.8 Å². The van der Waals surface area contributed by atoms with Crippen LogP contribution >= 0.6 is 0 Å². The topological polar surface area (TPSA) is 21.3 Å². The first-order valence-corrected chi connectivity index (χ1v) is 7.15. The van der Waals surface area contributed by atoms with Crippen molar-refractivity contribution in [3.8, 4) is 0 Å². The van der Waals surface area contributed by atoms with Crippen LogP contribution in [0.3, 0.4) is 0 Å². The minimum absolute atomic E-state index is 0.327. The quantitative estimate of drug-likeness (QED) is 0.738. The first-order valence-electron chi connectivity index (χ1n) is 7.15. The number of hydrogen-bond donors (Lipinski definition) is 1. The molecule has 3 rings (SSSR count). The normalized spacial score (nSPS) is 42.9. The van der Waals surface area contributed by atoms with E-state index in [0.29, 0.717) is 5.60 Å². The van der Waals surface area contributed by atoms with Gasteiger partial charge >= 0.3 is 0 Å². The van der Waals surface area contributed by atoms with Crippen molar-refractivity contribution < 1.29 is 4.74 Å². The highest BCUT2D eigenvalue weighted by atomic mass is 16.5. The van der Waals surface area contributed by atoms with Crippen molar-refractivity contribution in [2.45, 2.75) is 63.5 Å². The molecule has 1 saturated carbocycles. The van der Waals surface area contributed by atoms with E-state index in [9.17, 15) is 0 Å². The zero-order valence-corrected chi connectivity index (χ0v) is 10.5. The molecule has 3 unspecified atom stereocenters. The minimum Gasteiger partial charge on any atom is -0.375 e. The lowest BCUT2D eigenvalue weighted by Crippen LogP contribution is -2.52. The third-order valence-electron chi connectivity index (χ3n) is 5.06. The van der Waals surface area contributed by atoms with Gasteiger partial charge in [0, 0.05) is 12.6 Å². The molecule has 0 aromatic carbocycles. The van der Waals surface area contributed by atoms with Crippen molar-refractivity contribution in [1.29, 1.82) is 0 Å². The molecule has 3 atom stereocenters. The fraction of sp³-hybridized carbons (Fsp3) is 1.00. The Labute approximate surface area is 99.1 Å². The highest BCUT2D eigenvalue weighted by molar-refractivity contribution is 4.97. The molecule has 0 bridgehead atoms. The number of nitrogens with one attached hydrogen (secondary N) is 1. The molecule has 2 heterocycles. The number of hydrogen-bond acceptors (Lipinski definition) is 2. The van der Waals surface area contributed by atoms with E-state index in [1.54, 1.807) is 0 Å². The van der Waals surface area contributed by atoms with Crippen LogP contribution in [-0.4, -0.2) is 24.8 Å². The molecule has 1 aliphatic carbocycles. The number of ether oxygens (including phenoxy) is 1. The lowest BCUT2D eigenvalue weighted by Gasteiger charge is -2.49. The molecular weight excluding hydrogens is 198 g/mol. The number of rotatable bonds is 1. The summed E-state index contributed by atoms with van der Waals surface area (Å²) in [5.74, 6) is 1.77. The fourth-order valence-corrected chi connectivity index (χ4v) is 3.75. The van der Waals surface area contributed by atoms with E-state index in [1.165, 1.54) is 51.5 Å². The maximum Gasteiger partial charge on any atom is 0.0685 e. The van der Waals surface area contributed by atoms with Crippen LogP contribution in [0.25, 0.3) is 0 Å². The summed E-state index contributed by atoms with van der Waals surface area (Å²) in [5, 5.41) is 3.77. The molecule has 0 aromatic heterocycles. The summed E-state index contributed by atoms with van der Waals surface area (Å²) in [6.07, 6.45) is 9.47. The van der Waals surface area contributed by atoms with E-state index in [4.69, 9.17) is 4.74 Å². The highest BCUT2D eigenvalue weighted by Gasteiger charge is 2.44. The van der Waals surface area contributed by atoms with Gasteiger partial charge in [0.1, 0.15) is 0 Å². The van der Waals surface area contributed by atoms with Gasteiger partial charge < -0.3 is 10.1 Å². The van der Waals surface area contributed by atoms with Gasteiger partial charge in [-0.3, -0.25) is 0 Å². The Bertz CT molecular complexity index is 241. The molecule has 92 valence electrons. The average Bonchev–Trinajstić information content (AvgIpc) is 2.28. The Morgan fingerprint density at radius 2 is 2.06 bits per heavy atom. The van der Waals surface area contributed by atoms with Crippen LogP contribution in [0.1, 0.15) is 51.9 Å². The molecule has 2 nitrogen and oxygen atoms in total. The molecule has 16 heavy (non-hydrogen) atoms. The molecule has 0 radical (unpaired) electrons. The Balaban J connectivity index is 1.57. The third-order valence-corrected chi connectivity index (χ3v) is 5.06. The Morgan fingerprint density at radius 3 is 2.69 bits per heavy atom. The van der Waals surface area contributed by atoms with E-state index in [-0.39, 0.29) is 0 Å². The van der Waals surface area contributed by atoms with Crippen LogP contribution < -0.4 is 5.32 Å². The van der Waals surface area contributed by atoms with Gasteiger partial charge in [-0.1, -0.05) is 6.92 Å². The summed E-state index contributed by atoms with van der Waals surface area (Å²) in [6.45, 7) is 4.61. The van der Waals surface area contributed by atoms with Gasteiger partial charge in [-0.05, 0) is 63.3 Å². The SMILES string of the molecule is CC1CCC(C2CCOC3(CCC3)C2)NC1. The van der Waals surface area contributed by atoms with E-state index >= 15 is 0 Å². The summed E-state index contributed by atoms with van der Waals surface area (Å²) in [4.78, 5) is 0. The van der Waals surface area contributed by atoms with Crippen LogP contribution in [0.2, 0.25) is 0 Å². The highest BCUT2D eigenvalue weighted by Crippen LogP contribution is 2.45. The summed E-state index contributed by atoms with van der Waals surface area (Å²) >= 11 is 0. The van der Waals surface area contributed by atoms with Gasteiger partial charge in [0.15, 0.2) is 0 Å². The van der Waals surface area contributed by atoms with E-state index in [0.717, 1.165) is 24.5 Å². The third kappa shape index (κ3) is 2.02. The summed E-state index contributed by atoms with van der Waals surface area (Å²) in [5.41, 5.74) is 0.327. The molecule has 2 heteroatoms. The first-order chi connectivity index (χ1) is 7.77. The summed E-state index contributed by atoms with van der Waals surface area (Å²) < 4.78 is 6.02. The van der Waals surface area contributed by atoms with Gasteiger partial charge in [0.25, 0.3) is 0 Å². The number of piperidine rings is 1. The predicted octanol–water partition coefficient (Wildman–Crippen LogP) is 2.72. The largest absolute Gasteiger partial charge is 0.375 e. The standard InChI is InChI=1S/C14H25NO/c1-11-3-4-13(15-10-11)12-5-8-16-14(9-12)6-2-7-14/h11-13,15H,2-10H2,1H3. The molecule has 3 aliphatic rings. The van der Waals surface area contributed by atoms with E-state index in [1.807, 2.05) is 0 Å². The Hall–Kier alpha value is -0.0800. The molecule has 0 amide bonds. The first kappa shape index (κ1) is 11.0. The molecule has 1 spiro atoms. The van der Waals surface area contributed by atoms with Crippen LogP contribution in [0.4, 0.5) is 0 Å². The van der Waals surface area contributed by atoms with Crippen LogP contribution in [-0.2, 0) is 4.74 Å². The summed E-state index contributed by atoms with van der Waals surface area (Å²) in [7, 11) is 0. The van der Waals surface area contributed by atoms with Crippen molar-refractivity contribution in [1.82, 2.24) is 5.32 Å². The van der Waals surface area contributed by atoms with Crippen molar-refractivity contribution >= 4 is 0 Å². The van der Waals surface area contributed by atoms with Gasteiger partial charge in [0.05, 0.1) is 5.60 Å². The zero-order chi connectivity index (χ0) is 11.0. The Morgan fingerprint density at radius 1 is 1.19 bits per heavy atom. The van der Waals surface area contributed by atoms with Crippen LogP contribution in [0.15, 0.2) is 0 Å². The van der Waals surface area contributed by atoms with Gasteiger partial charge in [-0.25, -0.2) is 0 Å². The smallest absolute Gasteiger partial charge is 0.0685 e. The maximum atomic E-state index is 6.02. The monoisotopic (exact) mass is 223 g/mol. The second-order valence-corrected chi connectivity index (χ2v) is 6.34.